The van der Waals surface area contributed by atoms with Crippen LogP contribution in [0.25, 0.3) is 16.8 Å². The van der Waals surface area contributed by atoms with Crippen LogP contribution in [-0.4, -0.2) is 45.2 Å². The van der Waals surface area contributed by atoms with Gasteiger partial charge in [0.2, 0.25) is 5.95 Å². The quantitative estimate of drug-likeness (QED) is 0.496. The Morgan fingerprint density at radius 2 is 1.97 bits per heavy atom. The van der Waals surface area contributed by atoms with Gasteiger partial charge in [0.05, 0.1) is 24.5 Å². The molecule has 1 fully saturated rings. The minimum absolute atomic E-state index is 0.0655. The standard InChI is InChI=1S/C24H23FN6O2/c1-15(2)19-12-27-31-8-7-16(11-21(19)31)23-20(25)13-26-24(29-23)28-17-3-5-18(6-4-17)30-9-10-33-14-22(30)32/h3-8,11-13,15H,9-10,14H2,1-2H3,(H,26,28,29). The molecule has 4 heterocycles. The summed E-state index contributed by atoms with van der Waals surface area (Å²) >= 11 is 0. The summed E-state index contributed by atoms with van der Waals surface area (Å²) in [5.74, 6) is 0.000882. The van der Waals surface area contributed by atoms with Gasteiger partial charge in [0.1, 0.15) is 12.3 Å². The fourth-order valence-electron chi connectivity index (χ4n) is 3.87. The van der Waals surface area contributed by atoms with Gasteiger partial charge in [-0.25, -0.2) is 18.9 Å². The zero-order valence-corrected chi connectivity index (χ0v) is 18.3. The van der Waals surface area contributed by atoms with E-state index in [1.54, 1.807) is 21.7 Å². The van der Waals surface area contributed by atoms with Gasteiger partial charge >= 0.3 is 0 Å². The number of carbonyl (C=O) groups is 1. The van der Waals surface area contributed by atoms with Crippen LogP contribution < -0.4 is 10.2 Å². The number of hydrogen-bond donors (Lipinski definition) is 1. The fourth-order valence-corrected chi connectivity index (χ4v) is 3.87. The van der Waals surface area contributed by atoms with Crippen molar-refractivity contribution in [3.05, 3.63) is 66.4 Å². The number of pyridine rings is 1. The minimum Gasteiger partial charge on any atom is -0.370 e. The van der Waals surface area contributed by atoms with Crippen molar-refractivity contribution in [3.8, 4) is 11.3 Å². The molecule has 4 aromatic rings. The second-order valence-electron chi connectivity index (χ2n) is 8.16. The lowest BCUT2D eigenvalue weighted by Gasteiger charge is -2.26. The van der Waals surface area contributed by atoms with Gasteiger partial charge in [0.15, 0.2) is 5.82 Å². The molecular formula is C24H23FN6O2. The third kappa shape index (κ3) is 4.14. The number of anilines is 3. The number of morpholine rings is 1. The first-order valence-electron chi connectivity index (χ1n) is 10.7. The second-order valence-corrected chi connectivity index (χ2v) is 8.16. The van der Waals surface area contributed by atoms with E-state index in [0.29, 0.717) is 24.6 Å². The highest BCUT2D eigenvalue weighted by Crippen LogP contribution is 2.28. The Morgan fingerprint density at radius 1 is 1.15 bits per heavy atom. The van der Waals surface area contributed by atoms with E-state index in [-0.39, 0.29) is 24.2 Å². The van der Waals surface area contributed by atoms with Crippen molar-refractivity contribution in [2.24, 2.45) is 0 Å². The normalized spacial score (nSPS) is 14.3. The average molecular weight is 446 g/mol. The molecule has 1 aromatic carbocycles. The summed E-state index contributed by atoms with van der Waals surface area (Å²) in [4.78, 5) is 22.2. The lowest BCUT2D eigenvalue weighted by molar-refractivity contribution is -0.125. The molecule has 8 nitrogen and oxygen atoms in total. The van der Waals surface area contributed by atoms with E-state index in [2.05, 4.69) is 34.2 Å². The number of nitrogens with one attached hydrogen (secondary N) is 1. The molecule has 0 unspecified atom stereocenters. The van der Waals surface area contributed by atoms with Crippen LogP contribution in [-0.2, 0) is 9.53 Å². The number of aromatic nitrogens is 4. The largest absolute Gasteiger partial charge is 0.370 e. The molecule has 1 saturated heterocycles. The summed E-state index contributed by atoms with van der Waals surface area (Å²) in [7, 11) is 0. The number of nitrogens with zero attached hydrogens (tertiary/aromatic N) is 5. The Balaban J connectivity index is 1.41. The van der Waals surface area contributed by atoms with Gasteiger partial charge in [-0.05, 0) is 42.3 Å². The summed E-state index contributed by atoms with van der Waals surface area (Å²) in [6.07, 6.45) is 4.80. The van der Waals surface area contributed by atoms with Crippen LogP contribution in [0.2, 0.25) is 0 Å². The first-order valence-corrected chi connectivity index (χ1v) is 10.7. The van der Waals surface area contributed by atoms with Gasteiger partial charge < -0.3 is 15.0 Å². The molecule has 1 aliphatic heterocycles. The van der Waals surface area contributed by atoms with Crippen molar-refractivity contribution in [1.29, 1.82) is 0 Å². The minimum atomic E-state index is -0.503. The van der Waals surface area contributed by atoms with Crippen molar-refractivity contribution in [1.82, 2.24) is 19.6 Å². The summed E-state index contributed by atoms with van der Waals surface area (Å²) in [6, 6.07) is 11.0. The van der Waals surface area contributed by atoms with E-state index >= 15 is 0 Å². The van der Waals surface area contributed by atoms with E-state index in [0.717, 1.165) is 28.7 Å². The number of halogens is 1. The number of amides is 1. The molecule has 0 radical (unpaired) electrons. The van der Waals surface area contributed by atoms with Gasteiger partial charge in [-0.1, -0.05) is 13.8 Å². The van der Waals surface area contributed by atoms with Crippen molar-refractivity contribution < 1.29 is 13.9 Å². The molecule has 0 saturated carbocycles. The first kappa shape index (κ1) is 21.0. The highest BCUT2D eigenvalue weighted by molar-refractivity contribution is 5.95. The lowest BCUT2D eigenvalue weighted by Crippen LogP contribution is -2.41. The molecular weight excluding hydrogens is 423 g/mol. The van der Waals surface area contributed by atoms with E-state index in [1.165, 1.54) is 0 Å². The first-order chi connectivity index (χ1) is 16.0. The van der Waals surface area contributed by atoms with E-state index in [9.17, 15) is 9.18 Å². The third-order valence-corrected chi connectivity index (χ3v) is 5.61. The molecule has 1 amide bonds. The Kier molecular flexibility index (Phi) is 5.47. The molecule has 1 aliphatic rings. The molecule has 0 atom stereocenters. The van der Waals surface area contributed by atoms with Gasteiger partial charge in [-0.3, -0.25) is 4.79 Å². The fraction of sp³-hybridized carbons (Fsp3) is 0.250. The van der Waals surface area contributed by atoms with Crippen molar-refractivity contribution in [2.45, 2.75) is 19.8 Å². The van der Waals surface area contributed by atoms with E-state index < -0.39 is 5.82 Å². The predicted octanol–water partition coefficient (Wildman–Crippen LogP) is 4.16. The topological polar surface area (TPSA) is 84.6 Å². The van der Waals surface area contributed by atoms with Gasteiger partial charge in [0.25, 0.3) is 5.91 Å². The Morgan fingerprint density at radius 3 is 2.73 bits per heavy atom. The number of hydrogen-bond acceptors (Lipinski definition) is 6. The predicted molar refractivity (Wildman–Crippen MR) is 123 cm³/mol. The molecule has 3 aromatic heterocycles. The molecule has 168 valence electrons. The third-order valence-electron chi connectivity index (χ3n) is 5.61. The number of rotatable bonds is 5. The van der Waals surface area contributed by atoms with Crippen LogP contribution in [0.15, 0.2) is 55.0 Å². The molecule has 1 N–H and O–H groups in total. The summed E-state index contributed by atoms with van der Waals surface area (Å²) in [6.45, 7) is 5.32. The molecule has 0 bridgehead atoms. The lowest BCUT2D eigenvalue weighted by atomic mass is 10.0. The molecule has 33 heavy (non-hydrogen) atoms. The molecule has 5 rings (SSSR count). The highest BCUT2D eigenvalue weighted by atomic mass is 19.1. The Bertz CT molecular complexity index is 1320. The highest BCUT2D eigenvalue weighted by Gasteiger charge is 2.20. The molecule has 0 aliphatic carbocycles. The zero-order chi connectivity index (χ0) is 22.9. The summed E-state index contributed by atoms with van der Waals surface area (Å²) in [5.41, 5.74) is 4.39. The number of benzene rings is 1. The van der Waals surface area contributed by atoms with Crippen LogP contribution >= 0.6 is 0 Å². The maximum Gasteiger partial charge on any atom is 0.253 e. The maximum absolute atomic E-state index is 14.7. The number of carbonyl (C=O) groups excluding carboxylic acids is 1. The Hall–Kier alpha value is -3.85. The Labute approximate surface area is 190 Å². The van der Waals surface area contributed by atoms with Crippen LogP contribution in [0.3, 0.4) is 0 Å². The maximum atomic E-state index is 14.7. The van der Waals surface area contributed by atoms with Crippen LogP contribution in [0.5, 0.6) is 0 Å². The van der Waals surface area contributed by atoms with Gasteiger partial charge in [-0.15, -0.1) is 0 Å². The van der Waals surface area contributed by atoms with E-state index in [4.69, 9.17) is 4.74 Å². The van der Waals surface area contributed by atoms with Crippen molar-refractivity contribution >= 4 is 28.7 Å². The summed E-state index contributed by atoms with van der Waals surface area (Å²) in [5, 5.41) is 7.47. The average Bonchev–Trinajstić information content (AvgIpc) is 3.25. The number of fused-ring (bicyclic) bond motifs is 1. The monoisotopic (exact) mass is 446 g/mol. The van der Waals surface area contributed by atoms with E-state index in [1.807, 2.05) is 36.5 Å². The zero-order valence-electron chi connectivity index (χ0n) is 18.3. The number of ether oxygens (including phenoxy) is 1. The van der Waals surface area contributed by atoms with Crippen LogP contribution in [0, 0.1) is 5.82 Å². The van der Waals surface area contributed by atoms with Gasteiger partial charge in [-0.2, -0.15) is 5.10 Å². The van der Waals surface area contributed by atoms with Gasteiger partial charge in [0, 0.05) is 35.2 Å². The van der Waals surface area contributed by atoms with Crippen LogP contribution in [0.1, 0.15) is 25.3 Å². The second kappa shape index (κ2) is 8.59. The van der Waals surface area contributed by atoms with Crippen LogP contribution in [0.4, 0.5) is 21.7 Å². The summed E-state index contributed by atoms with van der Waals surface area (Å²) < 4.78 is 21.6. The smallest absolute Gasteiger partial charge is 0.253 e. The molecule has 0 spiro atoms. The van der Waals surface area contributed by atoms with Crippen molar-refractivity contribution in [2.75, 3.05) is 30.0 Å². The van der Waals surface area contributed by atoms with Crippen molar-refractivity contribution in [3.63, 3.8) is 0 Å². The molecule has 9 heteroatoms. The SMILES string of the molecule is CC(C)c1cnn2ccc(-c3nc(Nc4ccc(N5CCOCC5=O)cc4)ncc3F)cc12.